The van der Waals surface area contributed by atoms with E-state index >= 15 is 0 Å². The smallest absolute Gasteiger partial charge is 0.550 e. The van der Waals surface area contributed by atoms with Crippen LogP contribution in [0.15, 0.2) is 0 Å². The molecule has 0 spiro atoms. The molecule has 0 atom stereocenters. The van der Waals surface area contributed by atoms with Crippen LogP contribution < -0.4 is 5.11 Å². The molecule has 0 amide bonds. The van der Waals surface area contributed by atoms with Gasteiger partial charge in [0.2, 0.25) is 0 Å². The van der Waals surface area contributed by atoms with Crippen LogP contribution in [0, 0.1) is 5.41 Å². The average molecular weight is 209 g/mol. The molecule has 0 aliphatic heterocycles. The fourth-order valence-electron chi connectivity index (χ4n) is 0.721. The van der Waals surface area contributed by atoms with Crippen LogP contribution in [0.2, 0.25) is 0 Å². The van der Waals surface area contributed by atoms with Crippen LogP contribution >= 0.6 is 0 Å². The van der Waals surface area contributed by atoms with Crippen LogP contribution in [-0.2, 0) is 24.3 Å². The van der Waals surface area contributed by atoms with Gasteiger partial charge in [-0.1, -0.05) is 33.6 Å². The van der Waals surface area contributed by atoms with E-state index in [-0.39, 0.29) is 19.5 Å². The van der Waals surface area contributed by atoms with Gasteiger partial charge >= 0.3 is 19.5 Å². The van der Waals surface area contributed by atoms with E-state index in [1.54, 1.807) is 13.8 Å². The van der Waals surface area contributed by atoms with Crippen LogP contribution in [-0.4, -0.2) is 5.97 Å². The molecular weight excluding hydrogens is 193 g/mol. The third kappa shape index (κ3) is 5.37. The molecule has 0 bridgehead atoms. The molecule has 0 fully saturated rings. The first-order chi connectivity index (χ1) is 4.50. The van der Waals surface area contributed by atoms with E-state index in [4.69, 9.17) is 0 Å². The minimum atomic E-state index is -0.944. The van der Waals surface area contributed by atoms with Crippen molar-refractivity contribution >= 4 is 5.97 Å². The predicted octanol–water partition coefficient (Wildman–Crippen LogP) is 0.950. The third-order valence-electron chi connectivity index (χ3n) is 1.71. The number of aliphatic carboxylic acids is 1. The first kappa shape index (κ1) is 13.7. The maximum atomic E-state index is 10.4. The molecule has 0 N–H and O–H groups in total. The van der Waals surface area contributed by atoms with E-state index in [1.165, 1.54) is 0 Å². The Labute approximate surface area is 81.1 Å². The fourth-order valence-corrected chi connectivity index (χ4v) is 0.721. The average Bonchev–Trinajstić information content (AvgIpc) is 1.84. The van der Waals surface area contributed by atoms with Crippen LogP contribution in [0.25, 0.3) is 0 Å². The number of hydrogen-bond acceptors (Lipinski definition) is 2. The Hall–Kier alpha value is 0.0934. The summed E-state index contributed by atoms with van der Waals surface area (Å²) in [5.41, 5.74) is -0.643. The summed E-state index contributed by atoms with van der Waals surface area (Å²) in [7, 11) is 0. The quantitative estimate of drug-likeness (QED) is 0.646. The third-order valence-corrected chi connectivity index (χ3v) is 1.71. The Morgan fingerprint density at radius 1 is 1.45 bits per heavy atom. The second kappa shape index (κ2) is 5.71. The van der Waals surface area contributed by atoms with Gasteiger partial charge in [0.05, 0.1) is 0 Å². The Morgan fingerprint density at radius 3 is 2.18 bits per heavy atom. The summed E-state index contributed by atoms with van der Waals surface area (Å²) in [4.78, 5) is 10.4. The van der Waals surface area contributed by atoms with E-state index in [9.17, 15) is 9.90 Å². The summed E-state index contributed by atoms with van der Waals surface area (Å²) < 4.78 is 0. The number of unbranched alkanes of at least 4 members (excludes halogenated alkanes) is 1. The number of rotatable bonds is 4. The van der Waals surface area contributed by atoms with E-state index in [1.807, 2.05) is 6.92 Å². The van der Waals surface area contributed by atoms with Crippen LogP contribution in [0.4, 0.5) is 0 Å². The first-order valence-corrected chi connectivity index (χ1v) is 3.72. The number of carboxylic acids is 1. The molecule has 0 aromatic heterocycles. The molecule has 0 aliphatic rings. The molecule has 0 saturated carbocycles. The molecule has 0 heterocycles. The summed E-state index contributed by atoms with van der Waals surface area (Å²) in [5.74, 6) is -0.944. The second-order valence-electron chi connectivity index (χ2n) is 3.27. The van der Waals surface area contributed by atoms with Crippen molar-refractivity contribution in [1.82, 2.24) is 0 Å². The summed E-state index contributed by atoms with van der Waals surface area (Å²) in [6, 6.07) is 0. The first-order valence-electron chi connectivity index (χ1n) is 3.72. The maximum absolute atomic E-state index is 10.4. The van der Waals surface area contributed by atoms with Gasteiger partial charge in [-0.15, -0.1) is 0 Å². The van der Waals surface area contributed by atoms with Crippen molar-refractivity contribution in [3.8, 4) is 0 Å². The largest absolute Gasteiger partial charge is 2.00 e. The molecule has 0 aromatic carbocycles. The molecule has 60 valence electrons. The zero-order valence-corrected chi connectivity index (χ0v) is 10.6. The monoisotopic (exact) mass is 207 g/mol. The Morgan fingerprint density at radius 2 is 1.91 bits per heavy atom. The number of carbonyl (C=O) groups is 1. The molecule has 0 unspecified atom stereocenters. The summed E-state index contributed by atoms with van der Waals surface area (Å²) in [5, 5.41) is 10.4. The normalized spacial score (nSPS) is 10.5. The SMILES string of the molecule is CCCCC(C)(C)C(=O)[O-].[Zn+2]. The number of carbonyl (C=O) groups excluding carboxylic acids is 1. The topological polar surface area (TPSA) is 40.1 Å². The zero-order chi connectivity index (χ0) is 8.20. The molecular formula is C8H15O2Zn+. The van der Waals surface area contributed by atoms with Gasteiger partial charge in [0.25, 0.3) is 0 Å². The van der Waals surface area contributed by atoms with E-state index in [0.29, 0.717) is 6.42 Å². The van der Waals surface area contributed by atoms with Gasteiger partial charge in [0.15, 0.2) is 0 Å². The van der Waals surface area contributed by atoms with Gasteiger partial charge < -0.3 is 9.90 Å². The molecule has 0 aromatic rings. The number of carboxylic acid groups (broad SMARTS) is 1. The molecule has 11 heavy (non-hydrogen) atoms. The molecule has 0 saturated heterocycles. The second-order valence-corrected chi connectivity index (χ2v) is 3.27. The molecule has 3 heteroatoms. The van der Waals surface area contributed by atoms with Gasteiger partial charge in [0, 0.05) is 11.4 Å². The van der Waals surface area contributed by atoms with Crippen LogP contribution in [0.1, 0.15) is 40.0 Å². The van der Waals surface area contributed by atoms with Crippen molar-refractivity contribution in [3.63, 3.8) is 0 Å². The zero-order valence-electron chi connectivity index (χ0n) is 7.64. The van der Waals surface area contributed by atoms with Crippen molar-refractivity contribution in [2.24, 2.45) is 5.41 Å². The predicted molar refractivity (Wildman–Crippen MR) is 38.3 cm³/mol. The minimum absolute atomic E-state index is 0. The Balaban J connectivity index is 0. The van der Waals surface area contributed by atoms with Gasteiger partial charge in [-0.2, -0.15) is 0 Å². The summed E-state index contributed by atoms with van der Waals surface area (Å²) >= 11 is 0. The number of hydrogen-bond donors (Lipinski definition) is 0. The van der Waals surface area contributed by atoms with Gasteiger partial charge in [-0.05, 0) is 6.42 Å². The maximum Gasteiger partial charge on any atom is 2.00 e. The van der Waals surface area contributed by atoms with Crippen molar-refractivity contribution in [2.45, 2.75) is 40.0 Å². The fraction of sp³-hybridized carbons (Fsp3) is 0.875. The minimum Gasteiger partial charge on any atom is -0.550 e. The van der Waals surface area contributed by atoms with Crippen LogP contribution in [0.5, 0.6) is 0 Å². The van der Waals surface area contributed by atoms with E-state index < -0.39 is 11.4 Å². The molecule has 2 nitrogen and oxygen atoms in total. The molecule has 0 radical (unpaired) electrons. The van der Waals surface area contributed by atoms with Crippen LogP contribution in [0.3, 0.4) is 0 Å². The van der Waals surface area contributed by atoms with Crippen molar-refractivity contribution < 1.29 is 29.4 Å². The van der Waals surface area contributed by atoms with E-state index in [2.05, 4.69) is 0 Å². The van der Waals surface area contributed by atoms with Crippen molar-refractivity contribution in [3.05, 3.63) is 0 Å². The van der Waals surface area contributed by atoms with Gasteiger partial charge in [-0.25, -0.2) is 0 Å². The summed E-state index contributed by atoms with van der Waals surface area (Å²) in [6.45, 7) is 5.46. The molecule has 0 rings (SSSR count). The molecule has 0 aliphatic carbocycles. The standard InChI is InChI=1S/C8H16O2.Zn/c1-4-5-6-8(2,3)7(9)10;/h4-6H2,1-3H3,(H,9,10);/q;+2/p-1. The van der Waals surface area contributed by atoms with Crippen molar-refractivity contribution in [2.75, 3.05) is 0 Å². The Kier molecular flexibility index (Phi) is 7.09. The van der Waals surface area contributed by atoms with Gasteiger partial charge in [0.1, 0.15) is 0 Å². The van der Waals surface area contributed by atoms with Crippen molar-refractivity contribution in [1.29, 1.82) is 0 Å². The Bertz CT molecular complexity index is 121. The van der Waals surface area contributed by atoms with Gasteiger partial charge in [-0.3, -0.25) is 0 Å². The van der Waals surface area contributed by atoms with E-state index in [0.717, 1.165) is 12.8 Å². The summed E-state index contributed by atoms with van der Waals surface area (Å²) in [6.07, 6.45) is 2.71.